The molecule has 0 saturated heterocycles. The summed E-state index contributed by atoms with van der Waals surface area (Å²) >= 11 is 1.43. The van der Waals surface area contributed by atoms with Crippen LogP contribution in [0, 0.1) is 6.92 Å². The Morgan fingerprint density at radius 3 is 2.60 bits per heavy atom. The van der Waals surface area contributed by atoms with E-state index in [2.05, 4.69) is 17.1 Å². The van der Waals surface area contributed by atoms with Crippen LogP contribution in [0.5, 0.6) is 0 Å². The van der Waals surface area contributed by atoms with Crippen molar-refractivity contribution in [2.75, 3.05) is 11.5 Å². The van der Waals surface area contributed by atoms with Crippen LogP contribution in [0.3, 0.4) is 0 Å². The van der Waals surface area contributed by atoms with Crippen molar-refractivity contribution in [1.82, 2.24) is 4.98 Å². The van der Waals surface area contributed by atoms with E-state index < -0.39 is 5.97 Å². The molecular formula is C16H17NO2S. The number of aromatic nitrogens is 1. The maximum Gasteiger partial charge on any atom is 0.313 e. The summed E-state index contributed by atoms with van der Waals surface area (Å²) in [6.07, 6.45) is 0. The molecule has 2 rings (SSSR count). The minimum atomic E-state index is -0.779. The Balaban J connectivity index is 2.22. The number of aliphatic carboxylic acids is 1. The normalized spacial score (nSPS) is 12.1. The third-order valence-electron chi connectivity index (χ3n) is 2.98. The van der Waals surface area contributed by atoms with Gasteiger partial charge in [-0.25, -0.2) is 0 Å². The molecule has 3 nitrogen and oxygen atoms in total. The number of carboxylic acid groups (broad SMARTS) is 1. The van der Waals surface area contributed by atoms with Crippen molar-refractivity contribution in [2.24, 2.45) is 0 Å². The summed E-state index contributed by atoms with van der Waals surface area (Å²) in [4.78, 5) is 15.3. The van der Waals surface area contributed by atoms with Crippen LogP contribution in [-0.4, -0.2) is 27.6 Å². The van der Waals surface area contributed by atoms with Crippen molar-refractivity contribution in [1.29, 1.82) is 0 Å². The number of nitrogens with zero attached hydrogens (tertiary/aromatic N) is 1. The first-order valence-electron chi connectivity index (χ1n) is 6.45. The molecule has 0 radical (unpaired) electrons. The molecule has 0 amide bonds. The average molecular weight is 287 g/mol. The number of aryl methyl sites for hydroxylation is 1. The molecule has 0 aliphatic rings. The number of hydrogen-bond acceptors (Lipinski definition) is 3. The molecule has 1 aromatic carbocycles. The number of benzene rings is 1. The Kier molecular flexibility index (Phi) is 5.18. The van der Waals surface area contributed by atoms with Gasteiger partial charge in [-0.1, -0.05) is 36.4 Å². The Labute approximate surface area is 123 Å². The first kappa shape index (κ1) is 14.6. The maximum atomic E-state index is 10.7. The number of pyridine rings is 1. The van der Waals surface area contributed by atoms with Gasteiger partial charge in [-0.2, -0.15) is 0 Å². The van der Waals surface area contributed by atoms with Crippen LogP contribution in [0.2, 0.25) is 0 Å². The van der Waals surface area contributed by atoms with Crippen LogP contribution in [0.4, 0.5) is 0 Å². The fourth-order valence-corrected chi connectivity index (χ4v) is 2.95. The molecule has 0 aliphatic carbocycles. The number of carboxylic acids is 1. The second-order valence-electron chi connectivity index (χ2n) is 4.58. The molecule has 1 aromatic heterocycles. The lowest BCUT2D eigenvalue weighted by Crippen LogP contribution is -2.09. The van der Waals surface area contributed by atoms with Gasteiger partial charge in [-0.15, -0.1) is 11.8 Å². The predicted molar refractivity (Wildman–Crippen MR) is 82.2 cm³/mol. The smallest absolute Gasteiger partial charge is 0.313 e. The van der Waals surface area contributed by atoms with Crippen LogP contribution >= 0.6 is 11.8 Å². The third-order valence-corrected chi connectivity index (χ3v) is 4.00. The molecule has 1 unspecified atom stereocenters. The lowest BCUT2D eigenvalue weighted by molar-refractivity contribution is -0.133. The summed E-state index contributed by atoms with van der Waals surface area (Å²) in [7, 11) is 0. The number of hydrogen-bond donors (Lipinski definition) is 1. The summed E-state index contributed by atoms with van der Waals surface area (Å²) in [6, 6.07) is 16.1. The monoisotopic (exact) mass is 287 g/mol. The van der Waals surface area contributed by atoms with Crippen molar-refractivity contribution in [3.63, 3.8) is 0 Å². The Morgan fingerprint density at radius 2 is 1.95 bits per heavy atom. The van der Waals surface area contributed by atoms with Crippen molar-refractivity contribution in [3.05, 3.63) is 65.5 Å². The van der Waals surface area contributed by atoms with Gasteiger partial charge in [0.2, 0.25) is 0 Å². The third kappa shape index (κ3) is 4.10. The summed E-state index contributed by atoms with van der Waals surface area (Å²) < 4.78 is 0. The van der Waals surface area contributed by atoms with Crippen LogP contribution in [0.15, 0.2) is 48.5 Å². The molecule has 0 spiro atoms. The van der Waals surface area contributed by atoms with E-state index in [1.807, 2.05) is 43.3 Å². The van der Waals surface area contributed by atoms with Crippen LogP contribution in [0.25, 0.3) is 0 Å². The second-order valence-corrected chi connectivity index (χ2v) is 5.61. The summed E-state index contributed by atoms with van der Waals surface area (Å²) in [5, 5.41) is 8.78. The van der Waals surface area contributed by atoms with Crippen molar-refractivity contribution < 1.29 is 9.90 Å². The van der Waals surface area contributed by atoms with Gasteiger partial charge in [0.05, 0.1) is 5.75 Å². The fourth-order valence-electron chi connectivity index (χ4n) is 2.06. The molecule has 1 heterocycles. The van der Waals surface area contributed by atoms with E-state index in [1.54, 1.807) is 0 Å². The van der Waals surface area contributed by atoms with E-state index in [0.29, 0.717) is 5.75 Å². The van der Waals surface area contributed by atoms with E-state index in [1.165, 1.54) is 17.3 Å². The minimum absolute atomic E-state index is 0.120. The Morgan fingerprint density at radius 1 is 1.20 bits per heavy atom. The topological polar surface area (TPSA) is 50.2 Å². The summed E-state index contributed by atoms with van der Waals surface area (Å²) in [6.45, 7) is 1.97. The average Bonchev–Trinajstić information content (AvgIpc) is 2.44. The van der Waals surface area contributed by atoms with E-state index in [0.717, 1.165) is 11.4 Å². The van der Waals surface area contributed by atoms with Gasteiger partial charge in [0.1, 0.15) is 0 Å². The van der Waals surface area contributed by atoms with Crippen molar-refractivity contribution in [3.8, 4) is 0 Å². The van der Waals surface area contributed by atoms with Crippen molar-refractivity contribution >= 4 is 17.7 Å². The highest BCUT2D eigenvalue weighted by Crippen LogP contribution is 2.27. The highest BCUT2D eigenvalue weighted by atomic mass is 32.2. The lowest BCUT2D eigenvalue weighted by Gasteiger charge is -2.16. The molecule has 2 aromatic rings. The minimum Gasteiger partial charge on any atom is -0.481 e. The first-order valence-corrected chi connectivity index (χ1v) is 7.60. The molecule has 20 heavy (non-hydrogen) atoms. The summed E-state index contributed by atoms with van der Waals surface area (Å²) in [5.41, 5.74) is 3.14. The predicted octanol–water partition coefficient (Wildman–Crippen LogP) is 3.34. The Hall–Kier alpha value is -1.81. The molecule has 1 N–H and O–H groups in total. The Bertz CT molecular complexity index is 572. The van der Waals surface area contributed by atoms with Gasteiger partial charge in [-0.3, -0.25) is 9.78 Å². The number of rotatable bonds is 6. The molecule has 1 atom stereocenters. The number of carbonyl (C=O) groups is 1. The van der Waals surface area contributed by atoms with Gasteiger partial charge < -0.3 is 5.11 Å². The molecular weight excluding hydrogens is 270 g/mol. The van der Waals surface area contributed by atoms with Crippen LogP contribution < -0.4 is 0 Å². The van der Waals surface area contributed by atoms with Crippen molar-refractivity contribution in [2.45, 2.75) is 12.8 Å². The first-order chi connectivity index (χ1) is 9.66. The second kappa shape index (κ2) is 7.10. The highest BCUT2D eigenvalue weighted by Gasteiger charge is 2.16. The molecule has 0 aliphatic heterocycles. The standard InChI is InChI=1S/C16H17NO2S/c1-12-6-5-9-15(17-12)14(10-20-11-16(18)19)13-7-3-2-4-8-13/h2-9,14H,10-11H2,1H3,(H,18,19). The van der Waals surface area contributed by atoms with Crippen LogP contribution in [-0.2, 0) is 4.79 Å². The van der Waals surface area contributed by atoms with E-state index in [9.17, 15) is 4.79 Å². The van der Waals surface area contributed by atoms with Gasteiger partial charge >= 0.3 is 5.97 Å². The molecule has 0 bridgehead atoms. The quantitative estimate of drug-likeness (QED) is 0.885. The maximum absolute atomic E-state index is 10.7. The van der Waals surface area contributed by atoms with Gasteiger partial charge in [0.15, 0.2) is 0 Å². The zero-order valence-electron chi connectivity index (χ0n) is 11.3. The summed E-state index contributed by atoms with van der Waals surface area (Å²) in [5.74, 6) is 0.182. The highest BCUT2D eigenvalue weighted by molar-refractivity contribution is 7.99. The van der Waals surface area contributed by atoms with E-state index in [-0.39, 0.29) is 11.7 Å². The molecule has 4 heteroatoms. The van der Waals surface area contributed by atoms with E-state index >= 15 is 0 Å². The zero-order valence-corrected chi connectivity index (χ0v) is 12.1. The lowest BCUT2D eigenvalue weighted by atomic mass is 9.97. The van der Waals surface area contributed by atoms with Gasteiger partial charge in [0, 0.05) is 23.1 Å². The van der Waals surface area contributed by atoms with Gasteiger partial charge in [0.25, 0.3) is 0 Å². The number of thioether (sulfide) groups is 1. The zero-order chi connectivity index (χ0) is 14.4. The van der Waals surface area contributed by atoms with Crippen LogP contribution in [0.1, 0.15) is 22.9 Å². The largest absolute Gasteiger partial charge is 0.481 e. The SMILES string of the molecule is Cc1cccc(C(CSCC(=O)O)c2ccccc2)n1. The molecule has 0 fully saturated rings. The molecule has 104 valence electrons. The fraction of sp³-hybridized carbons (Fsp3) is 0.250. The van der Waals surface area contributed by atoms with Gasteiger partial charge in [-0.05, 0) is 24.6 Å². The molecule has 0 saturated carbocycles. The van der Waals surface area contributed by atoms with E-state index in [4.69, 9.17) is 5.11 Å².